The Morgan fingerprint density at radius 1 is 0.900 bits per heavy atom. The van der Waals surface area contributed by atoms with Gasteiger partial charge in [0.15, 0.2) is 0 Å². The summed E-state index contributed by atoms with van der Waals surface area (Å²) in [5.74, 6) is 0.242. The van der Waals surface area contributed by atoms with Gasteiger partial charge in [0, 0.05) is 5.75 Å². The predicted octanol–water partition coefficient (Wildman–Crippen LogP) is 5.65. The summed E-state index contributed by atoms with van der Waals surface area (Å²) in [5.41, 5.74) is 0. The molecule has 1 fully saturated rings. The highest BCUT2D eigenvalue weighted by Crippen LogP contribution is 2.48. The van der Waals surface area contributed by atoms with Crippen LogP contribution in [-0.2, 0) is 4.79 Å². The van der Waals surface area contributed by atoms with E-state index in [0.717, 1.165) is 18.6 Å². The zero-order valence-electron chi connectivity index (χ0n) is 13.2. The van der Waals surface area contributed by atoms with E-state index in [4.69, 9.17) is 5.11 Å². The minimum Gasteiger partial charge on any atom is -0.480 e. The lowest BCUT2D eigenvalue weighted by Gasteiger charge is -2.07. The first-order valence-electron chi connectivity index (χ1n) is 8.58. The Kier molecular flexibility index (Phi) is 9.41. The molecule has 20 heavy (non-hydrogen) atoms. The van der Waals surface area contributed by atoms with Gasteiger partial charge in [0.05, 0.1) is 0 Å². The monoisotopic (exact) mass is 300 g/mol. The summed E-state index contributed by atoms with van der Waals surface area (Å²) in [6.45, 7) is 2.26. The zero-order valence-corrected chi connectivity index (χ0v) is 14.0. The molecule has 2 nitrogen and oxygen atoms in total. The number of thioether (sulfide) groups is 1. The van der Waals surface area contributed by atoms with Gasteiger partial charge in [-0.3, -0.25) is 4.79 Å². The summed E-state index contributed by atoms with van der Waals surface area (Å²) in [4.78, 5) is 11.0. The molecule has 1 unspecified atom stereocenters. The van der Waals surface area contributed by atoms with Crippen molar-refractivity contribution < 1.29 is 9.90 Å². The minimum atomic E-state index is -0.592. The molecular weight excluding hydrogens is 268 g/mol. The van der Waals surface area contributed by atoms with Gasteiger partial charge in [0.2, 0.25) is 0 Å². The molecule has 0 aliphatic carbocycles. The van der Waals surface area contributed by atoms with Gasteiger partial charge in [0.1, 0.15) is 4.75 Å². The first kappa shape index (κ1) is 17.9. The van der Waals surface area contributed by atoms with Crippen molar-refractivity contribution in [3.8, 4) is 0 Å². The van der Waals surface area contributed by atoms with Gasteiger partial charge in [-0.1, -0.05) is 84.0 Å². The van der Waals surface area contributed by atoms with E-state index >= 15 is 0 Å². The van der Waals surface area contributed by atoms with Crippen molar-refractivity contribution in [3.63, 3.8) is 0 Å². The van der Waals surface area contributed by atoms with Crippen molar-refractivity contribution in [2.45, 2.75) is 95.1 Å². The first-order valence-corrected chi connectivity index (χ1v) is 9.57. The van der Waals surface area contributed by atoms with Gasteiger partial charge in [-0.2, -0.15) is 0 Å². The van der Waals surface area contributed by atoms with Crippen LogP contribution in [0.4, 0.5) is 0 Å². The molecule has 0 aromatic carbocycles. The summed E-state index contributed by atoms with van der Waals surface area (Å²) in [5, 5.41) is 9.06. The summed E-state index contributed by atoms with van der Waals surface area (Å²) >= 11 is 1.61. The van der Waals surface area contributed by atoms with Gasteiger partial charge < -0.3 is 5.11 Å². The Labute approximate surface area is 129 Å². The SMILES string of the molecule is CCCCCCCCCCCCCCC1(C(=O)O)CS1. The van der Waals surface area contributed by atoms with Crippen LogP contribution in [0.2, 0.25) is 0 Å². The summed E-state index contributed by atoms with van der Waals surface area (Å²) in [6.07, 6.45) is 17.0. The third-order valence-electron chi connectivity index (χ3n) is 4.32. The van der Waals surface area contributed by atoms with Crippen LogP contribution < -0.4 is 0 Å². The van der Waals surface area contributed by atoms with E-state index in [2.05, 4.69) is 6.92 Å². The maximum Gasteiger partial charge on any atom is 0.320 e. The molecule has 3 heteroatoms. The first-order chi connectivity index (χ1) is 9.71. The van der Waals surface area contributed by atoms with Crippen molar-refractivity contribution >= 4 is 17.7 Å². The van der Waals surface area contributed by atoms with E-state index in [1.165, 1.54) is 70.6 Å². The van der Waals surface area contributed by atoms with Crippen LogP contribution in [0.15, 0.2) is 0 Å². The number of rotatable bonds is 14. The van der Waals surface area contributed by atoms with E-state index in [1.807, 2.05) is 0 Å². The molecule has 0 amide bonds. The van der Waals surface area contributed by atoms with Gasteiger partial charge in [0.25, 0.3) is 0 Å². The molecule has 1 aliphatic heterocycles. The number of carboxylic acids is 1. The quantitative estimate of drug-likeness (QED) is 0.333. The summed E-state index contributed by atoms with van der Waals surface area (Å²) < 4.78 is -0.376. The maximum absolute atomic E-state index is 11.0. The second kappa shape index (κ2) is 10.5. The van der Waals surface area contributed by atoms with E-state index in [1.54, 1.807) is 11.8 Å². The van der Waals surface area contributed by atoms with Crippen molar-refractivity contribution in [1.29, 1.82) is 0 Å². The second-order valence-electron chi connectivity index (χ2n) is 6.23. The highest BCUT2D eigenvalue weighted by atomic mass is 32.2. The van der Waals surface area contributed by atoms with E-state index in [0.29, 0.717) is 0 Å². The molecule has 1 saturated heterocycles. The van der Waals surface area contributed by atoms with Crippen LogP contribution in [0, 0.1) is 0 Å². The molecule has 0 spiro atoms. The van der Waals surface area contributed by atoms with Crippen molar-refractivity contribution in [2.75, 3.05) is 5.75 Å². The molecule has 0 aromatic rings. The third-order valence-corrected chi connectivity index (χ3v) is 5.68. The van der Waals surface area contributed by atoms with Crippen molar-refractivity contribution in [2.24, 2.45) is 0 Å². The molecule has 1 aliphatic rings. The van der Waals surface area contributed by atoms with Crippen LogP contribution in [-0.4, -0.2) is 21.6 Å². The zero-order chi connectivity index (χ0) is 14.7. The second-order valence-corrected chi connectivity index (χ2v) is 7.59. The van der Waals surface area contributed by atoms with E-state index < -0.39 is 5.97 Å². The molecule has 0 saturated carbocycles. The Morgan fingerprint density at radius 2 is 1.30 bits per heavy atom. The van der Waals surface area contributed by atoms with Gasteiger partial charge in [-0.25, -0.2) is 0 Å². The lowest BCUT2D eigenvalue weighted by molar-refractivity contribution is -0.138. The topological polar surface area (TPSA) is 37.3 Å². The fourth-order valence-electron chi connectivity index (χ4n) is 2.71. The number of carbonyl (C=O) groups is 1. The molecule has 0 radical (unpaired) electrons. The Bertz CT molecular complexity index is 262. The minimum absolute atomic E-state index is 0.376. The van der Waals surface area contributed by atoms with Crippen molar-refractivity contribution in [1.82, 2.24) is 0 Å². The molecular formula is C17H32O2S. The lowest BCUT2D eigenvalue weighted by Crippen LogP contribution is -2.21. The van der Waals surface area contributed by atoms with E-state index in [-0.39, 0.29) is 4.75 Å². The van der Waals surface area contributed by atoms with Crippen LogP contribution in [0.5, 0.6) is 0 Å². The fourth-order valence-corrected chi connectivity index (χ4v) is 3.57. The third kappa shape index (κ3) is 7.56. The van der Waals surface area contributed by atoms with Gasteiger partial charge in [-0.05, 0) is 6.42 Å². The summed E-state index contributed by atoms with van der Waals surface area (Å²) in [7, 11) is 0. The highest BCUT2D eigenvalue weighted by molar-refractivity contribution is 8.08. The van der Waals surface area contributed by atoms with Crippen LogP contribution in [0.25, 0.3) is 0 Å². The molecule has 1 atom stereocenters. The van der Waals surface area contributed by atoms with Crippen LogP contribution >= 0.6 is 11.8 Å². The number of carboxylic acid groups (broad SMARTS) is 1. The normalized spacial score (nSPS) is 21.1. The predicted molar refractivity (Wildman–Crippen MR) is 88.5 cm³/mol. The standard InChI is InChI=1S/C17H32O2S/c1-2-3-4-5-6-7-8-9-10-11-12-13-14-17(15-20-17)16(18)19/h2-15H2,1H3,(H,18,19). The Morgan fingerprint density at radius 3 is 1.65 bits per heavy atom. The average Bonchev–Trinajstić information content (AvgIpc) is 3.21. The fraction of sp³-hybridized carbons (Fsp3) is 0.941. The molecule has 1 N–H and O–H groups in total. The lowest BCUT2D eigenvalue weighted by atomic mass is 10.0. The largest absolute Gasteiger partial charge is 0.480 e. The maximum atomic E-state index is 11.0. The average molecular weight is 301 g/mol. The molecule has 118 valence electrons. The highest BCUT2D eigenvalue weighted by Gasteiger charge is 2.50. The smallest absolute Gasteiger partial charge is 0.320 e. The Balaban J connectivity index is 1.76. The number of aliphatic carboxylic acids is 1. The van der Waals surface area contributed by atoms with Gasteiger partial charge >= 0.3 is 5.97 Å². The number of hydrogen-bond donors (Lipinski definition) is 1. The van der Waals surface area contributed by atoms with Gasteiger partial charge in [-0.15, -0.1) is 11.8 Å². The van der Waals surface area contributed by atoms with Crippen molar-refractivity contribution in [3.05, 3.63) is 0 Å². The van der Waals surface area contributed by atoms with Crippen LogP contribution in [0.3, 0.4) is 0 Å². The number of unbranched alkanes of at least 4 members (excludes halogenated alkanes) is 11. The van der Waals surface area contributed by atoms with Crippen LogP contribution in [0.1, 0.15) is 90.4 Å². The number of hydrogen-bond acceptors (Lipinski definition) is 2. The molecule has 0 aromatic heterocycles. The Hall–Kier alpha value is -0.180. The molecule has 1 heterocycles. The molecule has 0 bridgehead atoms. The molecule has 1 rings (SSSR count). The summed E-state index contributed by atoms with van der Waals surface area (Å²) in [6, 6.07) is 0. The van der Waals surface area contributed by atoms with E-state index in [9.17, 15) is 4.79 Å².